The van der Waals surface area contributed by atoms with Crippen LogP contribution in [-0.2, 0) is 11.3 Å². The summed E-state index contributed by atoms with van der Waals surface area (Å²) in [6.07, 6.45) is 0. The minimum atomic E-state index is -0.974. The second kappa shape index (κ2) is 6.53. The number of hydrogen-bond acceptors (Lipinski definition) is 3. The normalized spacial score (nSPS) is 10.8. The summed E-state index contributed by atoms with van der Waals surface area (Å²) >= 11 is 6.11. The minimum Gasteiger partial charge on any atom is -0.457 e. The fourth-order valence-electron chi connectivity index (χ4n) is 2.27. The van der Waals surface area contributed by atoms with Crippen LogP contribution in [0, 0.1) is 18.6 Å². The molecule has 122 valence electrons. The lowest BCUT2D eigenvalue weighted by molar-refractivity contribution is 0.0467. The molecule has 0 spiro atoms. The van der Waals surface area contributed by atoms with E-state index in [4.69, 9.17) is 16.3 Å². The van der Waals surface area contributed by atoms with Gasteiger partial charge in [-0.25, -0.2) is 18.6 Å². The van der Waals surface area contributed by atoms with Gasteiger partial charge in [-0.3, -0.25) is 0 Å². The number of rotatable bonds is 3. The van der Waals surface area contributed by atoms with Crippen molar-refractivity contribution in [3.63, 3.8) is 0 Å². The zero-order chi connectivity index (χ0) is 17.3. The fourth-order valence-corrected chi connectivity index (χ4v) is 2.47. The molecule has 0 aliphatic rings. The molecular weight excluding hydrogens is 336 g/mol. The molecule has 3 nitrogen and oxygen atoms in total. The molecule has 0 atom stereocenters. The van der Waals surface area contributed by atoms with E-state index in [2.05, 4.69) is 4.98 Å². The van der Waals surface area contributed by atoms with E-state index in [0.29, 0.717) is 11.6 Å². The molecule has 0 bridgehead atoms. The van der Waals surface area contributed by atoms with Gasteiger partial charge in [-0.1, -0.05) is 23.7 Å². The number of esters is 1. The van der Waals surface area contributed by atoms with E-state index >= 15 is 0 Å². The summed E-state index contributed by atoms with van der Waals surface area (Å²) in [6, 6.07) is 10.1. The molecule has 0 fully saturated rings. The molecule has 0 saturated carbocycles. The van der Waals surface area contributed by atoms with Crippen LogP contribution in [-0.4, -0.2) is 11.0 Å². The number of carbonyl (C=O) groups excluding carboxylic acids is 1. The van der Waals surface area contributed by atoms with Crippen molar-refractivity contribution in [2.45, 2.75) is 13.5 Å². The average molecular weight is 348 g/mol. The molecule has 1 heterocycles. The predicted molar refractivity (Wildman–Crippen MR) is 87.0 cm³/mol. The number of carbonyl (C=O) groups is 1. The van der Waals surface area contributed by atoms with Crippen LogP contribution in [0.4, 0.5) is 8.78 Å². The first-order valence-corrected chi connectivity index (χ1v) is 7.50. The maximum atomic E-state index is 13.6. The largest absolute Gasteiger partial charge is 0.457 e. The molecule has 0 radical (unpaired) electrons. The Morgan fingerprint density at radius 1 is 1.17 bits per heavy atom. The van der Waals surface area contributed by atoms with Gasteiger partial charge in [0.25, 0.3) is 0 Å². The molecule has 1 aromatic heterocycles. The van der Waals surface area contributed by atoms with Crippen molar-refractivity contribution in [3.05, 3.63) is 75.9 Å². The van der Waals surface area contributed by atoms with E-state index in [-0.39, 0.29) is 17.3 Å². The van der Waals surface area contributed by atoms with Crippen molar-refractivity contribution in [1.82, 2.24) is 4.98 Å². The second-order valence-corrected chi connectivity index (χ2v) is 5.69. The first-order valence-electron chi connectivity index (χ1n) is 7.12. The smallest absolute Gasteiger partial charge is 0.341 e. The van der Waals surface area contributed by atoms with Crippen LogP contribution in [0.1, 0.15) is 21.5 Å². The quantitative estimate of drug-likeness (QED) is 0.503. The maximum absolute atomic E-state index is 13.6. The van der Waals surface area contributed by atoms with Crippen molar-refractivity contribution in [2.75, 3.05) is 0 Å². The Balaban J connectivity index is 1.81. The van der Waals surface area contributed by atoms with Gasteiger partial charge in [-0.15, -0.1) is 0 Å². The van der Waals surface area contributed by atoms with Crippen molar-refractivity contribution in [1.29, 1.82) is 0 Å². The molecule has 3 rings (SSSR count). The number of pyridine rings is 1. The van der Waals surface area contributed by atoms with Gasteiger partial charge in [-0.2, -0.15) is 0 Å². The van der Waals surface area contributed by atoms with Crippen molar-refractivity contribution in [2.24, 2.45) is 0 Å². The van der Waals surface area contributed by atoms with Gasteiger partial charge in [0.15, 0.2) is 0 Å². The number of fused-ring (bicyclic) bond motifs is 1. The van der Waals surface area contributed by atoms with Gasteiger partial charge in [0.1, 0.15) is 23.4 Å². The molecule has 0 N–H and O–H groups in total. The van der Waals surface area contributed by atoms with E-state index in [1.54, 1.807) is 6.07 Å². The molecule has 2 aromatic carbocycles. The van der Waals surface area contributed by atoms with Gasteiger partial charge >= 0.3 is 5.97 Å². The topological polar surface area (TPSA) is 39.2 Å². The number of hydrogen-bond donors (Lipinski definition) is 0. The molecular formula is C18H12ClF2NO2. The zero-order valence-corrected chi connectivity index (χ0v) is 13.4. The number of halogens is 3. The summed E-state index contributed by atoms with van der Waals surface area (Å²) in [6.45, 7) is 1.78. The Morgan fingerprint density at radius 2 is 1.96 bits per heavy atom. The number of aromatic nitrogens is 1. The Kier molecular flexibility index (Phi) is 4.44. The van der Waals surface area contributed by atoms with E-state index in [0.717, 1.165) is 28.6 Å². The van der Waals surface area contributed by atoms with E-state index in [9.17, 15) is 13.6 Å². The van der Waals surface area contributed by atoms with Crippen molar-refractivity contribution >= 4 is 28.5 Å². The minimum absolute atomic E-state index is 0.161. The lowest BCUT2D eigenvalue weighted by atomic mass is 10.1. The lowest BCUT2D eigenvalue weighted by Gasteiger charge is -2.09. The summed E-state index contributed by atoms with van der Waals surface area (Å²) in [5.74, 6) is -2.63. The van der Waals surface area contributed by atoms with Crippen LogP contribution < -0.4 is 0 Å². The van der Waals surface area contributed by atoms with Crippen molar-refractivity contribution < 1.29 is 18.3 Å². The molecule has 0 aliphatic carbocycles. The number of ether oxygens (including phenoxy) is 1. The van der Waals surface area contributed by atoms with Crippen molar-refractivity contribution in [3.8, 4) is 0 Å². The monoisotopic (exact) mass is 347 g/mol. The average Bonchev–Trinajstić information content (AvgIpc) is 2.52. The number of aryl methyl sites for hydroxylation is 1. The third-order valence-corrected chi connectivity index (χ3v) is 3.84. The van der Waals surface area contributed by atoms with Crippen LogP contribution >= 0.6 is 11.6 Å². The first kappa shape index (κ1) is 16.3. The van der Waals surface area contributed by atoms with Crippen LogP contribution in [0.25, 0.3) is 10.9 Å². The molecule has 0 amide bonds. The number of benzene rings is 2. The van der Waals surface area contributed by atoms with E-state index < -0.39 is 17.6 Å². The standard InChI is InChI=1S/C18H12ClF2NO2/c1-10-2-3-11-7-12(17(19)22-16(11)6-10)9-24-18(23)14-5-4-13(20)8-15(14)21/h2-8H,9H2,1H3. The third kappa shape index (κ3) is 3.36. The third-order valence-electron chi connectivity index (χ3n) is 3.51. The van der Waals surface area contributed by atoms with Gasteiger partial charge < -0.3 is 4.74 Å². The molecule has 3 aromatic rings. The van der Waals surface area contributed by atoms with E-state index in [1.807, 2.05) is 25.1 Å². The molecule has 6 heteroatoms. The van der Waals surface area contributed by atoms with Crippen LogP contribution in [0.15, 0.2) is 42.5 Å². The summed E-state index contributed by atoms with van der Waals surface area (Å²) < 4.78 is 31.5. The summed E-state index contributed by atoms with van der Waals surface area (Å²) in [7, 11) is 0. The summed E-state index contributed by atoms with van der Waals surface area (Å²) in [5, 5.41) is 1.06. The fraction of sp³-hybridized carbons (Fsp3) is 0.111. The highest BCUT2D eigenvalue weighted by Gasteiger charge is 2.15. The van der Waals surface area contributed by atoms with Gasteiger partial charge in [0, 0.05) is 17.0 Å². The summed E-state index contributed by atoms with van der Waals surface area (Å²) in [5.41, 5.74) is 1.96. The first-order chi connectivity index (χ1) is 11.4. The Labute approximate surface area is 141 Å². The van der Waals surface area contributed by atoms with Gasteiger partial charge in [0.05, 0.1) is 11.1 Å². The maximum Gasteiger partial charge on any atom is 0.341 e. The summed E-state index contributed by atoms with van der Waals surface area (Å²) in [4.78, 5) is 16.2. The Morgan fingerprint density at radius 3 is 2.71 bits per heavy atom. The second-order valence-electron chi connectivity index (χ2n) is 5.33. The highest BCUT2D eigenvalue weighted by molar-refractivity contribution is 6.30. The SMILES string of the molecule is Cc1ccc2cc(COC(=O)c3ccc(F)cc3F)c(Cl)nc2c1. The molecule has 0 aliphatic heterocycles. The highest BCUT2D eigenvalue weighted by atomic mass is 35.5. The van der Waals surface area contributed by atoms with E-state index in [1.165, 1.54) is 0 Å². The lowest BCUT2D eigenvalue weighted by Crippen LogP contribution is -2.08. The molecule has 0 unspecified atom stereocenters. The molecule has 0 saturated heterocycles. The van der Waals surface area contributed by atoms with Crippen LogP contribution in [0.5, 0.6) is 0 Å². The Hall–Kier alpha value is -2.53. The van der Waals surface area contributed by atoms with Crippen LogP contribution in [0.3, 0.4) is 0 Å². The van der Waals surface area contributed by atoms with Gasteiger partial charge in [0.2, 0.25) is 0 Å². The van der Waals surface area contributed by atoms with Gasteiger partial charge in [-0.05, 0) is 36.8 Å². The van der Waals surface area contributed by atoms with Crippen LogP contribution in [0.2, 0.25) is 5.15 Å². The predicted octanol–water partition coefficient (Wildman–Crippen LogP) is 4.83. The highest BCUT2D eigenvalue weighted by Crippen LogP contribution is 2.23. The Bertz CT molecular complexity index is 944. The molecule has 24 heavy (non-hydrogen) atoms. The zero-order valence-electron chi connectivity index (χ0n) is 12.6. The number of nitrogens with zero attached hydrogens (tertiary/aromatic N) is 1.